The van der Waals surface area contributed by atoms with E-state index in [0.29, 0.717) is 30.7 Å². The average Bonchev–Trinajstić information content (AvgIpc) is 2.85. The zero-order chi connectivity index (χ0) is 12.8. The monoisotopic (exact) mass is 267 g/mol. The van der Waals surface area contributed by atoms with Gasteiger partial charge in [-0.1, -0.05) is 6.07 Å². The van der Waals surface area contributed by atoms with Crippen molar-refractivity contribution in [3.05, 3.63) is 34.4 Å². The molecule has 7 heteroatoms. The fraction of sp³-hybridized carbons (Fsp3) is 0.455. The normalized spacial score (nSPS) is 22.6. The van der Waals surface area contributed by atoms with Gasteiger partial charge in [0.15, 0.2) is 9.84 Å². The highest BCUT2D eigenvalue weighted by Gasteiger charge is 2.32. The lowest BCUT2D eigenvalue weighted by molar-refractivity contribution is 0.585. The Balaban J connectivity index is 2.04. The first kappa shape index (κ1) is 11.5. The van der Waals surface area contributed by atoms with Crippen LogP contribution in [-0.4, -0.2) is 34.0 Å². The second-order valence-corrected chi connectivity index (χ2v) is 6.96. The van der Waals surface area contributed by atoms with Crippen LogP contribution in [0.3, 0.4) is 0 Å². The lowest BCUT2D eigenvalue weighted by Gasteiger charge is -2.06. The van der Waals surface area contributed by atoms with Gasteiger partial charge in [0.05, 0.1) is 11.0 Å². The largest absolute Gasteiger partial charge is 0.269 e. The summed E-state index contributed by atoms with van der Waals surface area (Å²) in [6.45, 7) is 0. The number of aromatic nitrogens is 3. The number of pyridine rings is 1. The van der Waals surface area contributed by atoms with Crippen molar-refractivity contribution in [1.29, 1.82) is 0 Å². The van der Waals surface area contributed by atoms with Crippen LogP contribution in [0, 0.1) is 0 Å². The number of fused-ring (bicyclic) bond motifs is 1. The second kappa shape index (κ2) is 3.94. The molecule has 3 heterocycles. The summed E-state index contributed by atoms with van der Waals surface area (Å²) >= 11 is 0. The number of nitrogens with one attached hydrogen (secondary N) is 1. The zero-order valence-electron chi connectivity index (χ0n) is 9.67. The predicted octanol–water partition coefficient (Wildman–Crippen LogP) is 0.142. The molecule has 2 aromatic heterocycles. The van der Waals surface area contributed by atoms with E-state index in [2.05, 4.69) is 10.2 Å². The van der Waals surface area contributed by atoms with Crippen LogP contribution in [0.1, 0.15) is 18.7 Å². The van der Waals surface area contributed by atoms with Crippen molar-refractivity contribution in [3.63, 3.8) is 0 Å². The number of hydrogen-bond acceptors (Lipinski definition) is 4. The highest BCUT2D eigenvalue weighted by Crippen LogP contribution is 2.22. The van der Waals surface area contributed by atoms with Crippen LogP contribution in [0.4, 0.5) is 0 Å². The maximum Gasteiger partial charge on any atom is 0.257 e. The van der Waals surface area contributed by atoms with Gasteiger partial charge in [-0.2, -0.15) is 5.10 Å². The van der Waals surface area contributed by atoms with Crippen LogP contribution >= 0.6 is 0 Å². The van der Waals surface area contributed by atoms with E-state index >= 15 is 0 Å². The second-order valence-electron chi connectivity index (χ2n) is 4.56. The number of sulfone groups is 1. The third kappa shape index (κ3) is 1.74. The first-order valence-electron chi connectivity index (χ1n) is 5.84. The van der Waals surface area contributed by atoms with Crippen LogP contribution < -0.4 is 5.56 Å². The van der Waals surface area contributed by atoms with E-state index in [-0.39, 0.29) is 11.3 Å². The van der Waals surface area contributed by atoms with Crippen molar-refractivity contribution in [2.24, 2.45) is 0 Å². The Labute approximate surface area is 104 Å². The molecule has 0 aliphatic carbocycles. The SMILES string of the molecule is O=c1cccc2[nH]nc(CC3CCCS3(=O)=O)n12. The van der Waals surface area contributed by atoms with Crippen LogP contribution in [0.2, 0.25) is 0 Å². The van der Waals surface area contributed by atoms with Crippen molar-refractivity contribution < 1.29 is 8.42 Å². The molecule has 96 valence electrons. The van der Waals surface area contributed by atoms with Gasteiger partial charge in [0.1, 0.15) is 11.5 Å². The zero-order valence-corrected chi connectivity index (χ0v) is 10.5. The maximum atomic E-state index is 11.8. The molecule has 18 heavy (non-hydrogen) atoms. The minimum Gasteiger partial charge on any atom is -0.269 e. The summed E-state index contributed by atoms with van der Waals surface area (Å²) in [5, 5.41) is 6.40. The van der Waals surface area contributed by atoms with E-state index in [4.69, 9.17) is 0 Å². The van der Waals surface area contributed by atoms with Crippen LogP contribution in [0.15, 0.2) is 23.0 Å². The van der Waals surface area contributed by atoms with Gasteiger partial charge in [-0.3, -0.25) is 9.89 Å². The smallest absolute Gasteiger partial charge is 0.257 e. The Morgan fingerprint density at radius 1 is 1.44 bits per heavy atom. The number of nitrogens with zero attached hydrogens (tertiary/aromatic N) is 2. The van der Waals surface area contributed by atoms with Crippen molar-refractivity contribution in [2.75, 3.05) is 5.75 Å². The van der Waals surface area contributed by atoms with Crippen LogP contribution in [0.5, 0.6) is 0 Å². The van der Waals surface area contributed by atoms with Gasteiger partial charge in [0, 0.05) is 12.5 Å². The molecule has 0 amide bonds. The van der Waals surface area contributed by atoms with E-state index in [1.54, 1.807) is 12.1 Å². The maximum absolute atomic E-state index is 11.8. The first-order chi connectivity index (χ1) is 8.58. The number of rotatable bonds is 2. The standard InChI is InChI=1S/C11H13N3O3S/c15-11-5-1-4-9-12-13-10(14(9)11)7-8-3-2-6-18(8,16)17/h1,4-5,8,12H,2-3,6-7H2. The van der Waals surface area contributed by atoms with Gasteiger partial charge in [-0.25, -0.2) is 12.8 Å². The number of H-pyrrole nitrogens is 1. The highest BCUT2D eigenvalue weighted by molar-refractivity contribution is 7.92. The van der Waals surface area contributed by atoms with Gasteiger partial charge in [0.2, 0.25) is 0 Å². The minimum absolute atomic E-state index is 0.188. The Bertz CT molecular complexity index is 744. The molecule has 0 spiro atoms. The average molecular weight is 267 g/mol. The van der Waals surface area contributed by atoms with Gasteiger partial charge in [-0.05, 0) is 18.9 Å². The Kier molecular flexibility index (Phi) is 2.51. The van der Waals surface area contributed by atoms with Gasteiger partial charge in [-0.15, -0.1) is 0 Å². The molecule has 3 rings (SSSR count). The predicted molar refractivity (Wildman–Crippen MR) is 66.3 cm³/mol. The van der Waals surface area contributed by atoms with E-state index in [0.717, 1.165) is 0 Å². The number of hydrogen-bond donors (Lipinski definition) is 1. The van der Waals surface area contributed by atoms with E-state index in [1.165, 1.54) is 10.5 Å². The van der Waals surface area contributed by atoms with E-state index in [9.17, 15) is 13.2 Å². The van der Waals surface area contributed by atoms with E-state index in [1.807, 2.05) is 0 Å². The summed E-state index contributed by atoms with van der Waals surface area (Å²) in [5.74, 6) is 0.737. The van der Waals surface area contributed by atoms with Crippen molar-refractivity contribution in [3.8, 4) is 0 Å². The summed E-state index contributed by atoms with van der Waals surface area (Å²) in [5.41, 5.74) is 0.402. The van der Waals surface area contributed by atoms with Gasteiger partial charge < -0.3 is 0 Å². The molecular formula is C11H13N3O3S. The molecule has 1 N–H and O–H groups in total. The first-order valence-corrected chi connectivity index (χ1v) is 7.56. The molecule has 2 aromatic rings. The van der Waals surface area contributed by atoms with E-state index < -0.39 is 15.1 Å². The minimum atomic E-state index is -3.01. The van der Waals surface area contributed by atoms with Crippen molar-refractivity contribution in [1.82, 2.24) is 14.6 Å². The Morgan fingerprint density at radius 2 is 2.28 bits per heavy atom. The van der Waals surface area contributed by atoms with Gasteiger partial charge in [0.25, 0.3) is 5.56 Å². The molecule has 1 atom stereocenters. The molecule has 0 bridgehead atoms. The quantitative estimate of drug-likeness (QED) is 0.839. The molecule has 1 fully saturated rings. The third-order valence-corrected chi connectivity index (χ3v) is 5.66. The fourth-order valence-corrected chi connectivity index (χ4v) is 4.27. The lowest BCUT2D eigenvalue weighted by Crippen LogP contribution is -2.22. The summed E-state index contributed by atoms with van der Waals surface area (Å²) in [4.78, 5) is 11.7. The summed E-state index contributed by atoms with van der Waals surface area (Å²) < 4.78 is 25.0. The molecule has 1 aliphatic rings. The summed E-state index contributed by atoms with van der Waals surface area (Å²) in [7, 11) is -3.01. The molecule has 1 saturated heterocycles. The fourth-order valence-electron chi connectivity index (χ4n) is 2.44. The third-order valence-electron chi connectivity index (χ3n) is 3.38. The lowest BCUT2D eigenvalue weighted by atomic mass is 10.2. The Morgan fingerprint density at radius 3 is 3.00 bits per heavy atom. The van der Waals surface area contributed by atoms with Crippen LogP contribution in [0.25, 0.3) is 5.65 Å². The van der Waals surface area contributed by atoms with Crippen molar-refractivity contribution >= 4 is 15.5 Å². The molecular weight excluding hydrogens is 254 g/mol. The molecule has 0 aromatic carbocycles. The number of aromatic amines is 1. The van der Waals surface area contributed by atoms with Gasteiger partial charge >= 0.3 is 0 Å². The summed E-state index contributed by atoms with van der Waals surface area (Å²) in [6, 6.07) is 4.82. The molecule has 0 saturated carbocycles. The van der Waals surface area contributed by atoms with Crippen molar-refractivity contribution in [2.45, 2.75) is 24.5 Å². The van der Waals surface area contributed by atoms with Crippen LogP contribution in [-0.2, 0) is 16.3 Å². The molecule has 6 nitrogen and oxygen atoms in total. The topological polar surface area (TPSA) is 84.3 Å². The molecule has 1 aliphatic heterocycles. The molecule has 1 unspecified atom stereocenters. The summed E-state index contributed by atoms with van der Waals surface area (Å²) in [6.07, 6.45) is 1.65. The molecule has 0 radical (unpaired) electrons. The Hall–Kier alpha value is -1.63. The highest BCUT2D eigenvalue weighted by atomic mass is 32.2.